The van der Waals surface area contributed by atoms with E-state index in [-0.39, 0.29) is 0 Å². The van der Waals surface area contributed by atoms with Crippen LogP contribution in [0.3, 0.4) is 0 Å². The Kier molecular flexibility index (Phi) is 4.37. The van der Waals surface area contributed by atoms with Crippen LogP contribution in [0.15, 0.2) is 18.3 Å². The molecule has 94 valence electrons. The third kappa shape index (κ3) is 2.97. The summed E-state index contributed by atoms with van der Waals surface area (Å²) < 4.78 is 0. The summed E-state index contributed by atoms with van der Waals surface area (Å²) in [5.41, 5.74) is 1.30. The van der Waals surface area contributed by atoms with Gasteiger partial charge in [0.15, 0.2) is 0 Å². The van der Waals surface area contributed by atoms with Crippen molar-refractivity contribution in [3.63, 3.8) is 0 Å². The Labute approximate surface area is 104 Å². The molecule has 1 aliphatic carbocycles. The van der Waals surface area contributed by atoms with Gasteiger partial charge in [-0.3, -0.25) is 0 Å². The number of nitrogens with zero attached hydrogens (tertiary/aromatic N) is 2. The van der Waals surface area contributed by atoms with Gasteiger partial charge in [-0.1, -0.05) is 12.5 Å². The molecule has 1 saturated carbocycles. The highest BCUT2D eigenvalue weighted by molar-refractivity contribution is 5.46. The van der Waals surface area contributed by atoms with Gasteiger partial charge in [-0.25, -0.2) is 4.98 Å². The fourth-order valence-corrected chi connectivity index (χ4v) is 2.40. The maximum atomic E-state index is 4.57. The molecule has 1 fully saturated rings. The minimum atomic E-state index is 0.888. The van der Waals surface area contributed by atoms with Gasteiger partial charge in [-0.2, -0.15) is 0 Å². The van der Waals surface area contributed by atoms with Crippen LogP contribution in [-0.2, 0) is 6.54 Å². The van der Waals surface area contributed by atoms with Gasteiger partial charge in [-0.15, -0.1) is 0 Å². The number of hydrogen-bond acceptors (Lipinski definition) is 3. The van der Waals surface area contributed by atoms with E-state index in [9.17, 15) is 0 Å². The van der Waals surface area contributed by atoms with Crippen LogP contribution in [0, 0.1) is 5.92 Å². The molecule has 0 radical (unpaired) electrons. The van der Waals surface area contributed by atoms with E-state index < -0.39 is 0 Å². The van der Waals surface area contributed by atoms with Crippen LogP contribution in [-0.4, -0.2) is 25.1 Å². The van der Waals surface area contributed by atoms with Gasteiger partial charge in [0.25, 0.3) is 0 Å². The normalized spacial score (nSPS) is 15.6. The van der Waals surface area contributed by atoms with Crippen molar-refractivity contribution >= 4 is 5.82 Å². The summed E-state index contributed by atoms with van der Waals surface area (Å²) in [5.74, 6) is 2.05. The lowest BCUT2D eigenvalue weighted by atomic mass is 9.85. The molecule has 1 aromatic rings. The predicted octanol–water partition coefficient (Wildman–Crippen LogP) is 2.43. The molecular formula is C14H23N3. The molecule has 3 nitrogen and oxygen atoms in total. The van der Waals surface area contributed by atoms with Crippen LogP contribution < -0.4 is 10.2 Å². The predicted molar refractivity (Wildman–Crippen MR) is 72.2 cm³/mol. The molecule has 1 aliphatic rings. The lowest BCUT2D eigenvalue weighted by Crippen LogP contribution is -2.34. The van der Waals surface area contributed by atoms with Gasteiger partial charge < -0.3 is 10.2 Å². The molecule has 0 unspecified atom stereocenters. The molecule has 0 saturated heterocycles. The van der Waals surface area contributed by atoms with Crippen molar-refractivity contribution in [3.8, 4) is 0 Å². The Hall–Kier alpha value is -1.09. The molecule has 1 heterocycles. The molecule has 1 N–H and O–H groups in total. The molecular weight excluding hydrogens is 210 g/mol. The minimum Gasteiger partial charge on any atom is -0.356 e. The molecule has 0 spiro atoms. The zero-order valence-corrected chi connectivity index (χ0v) is 10.9. The van der Waals surface area contributed by atoms with Crippen molar-refractivity contribution in [2.75, 3.05) is 25.0 Å². The van der Waals surface area contributed by atoms with E-state index >= 15 is 0 Å². The molecule has 0 atom stereocenters. The summed E-state index contributed by atoms with van der Waals surface area (Å²) in [6, 6.07) is 4.19. The summed E-state index contributed by atoms with van der Waals surface area (Å²) >= 11 is 0. The Balaban J connectivity index is 2.10. The van der Waals surface area contributed by atoms with E-state index in [1.54, 1.807) is 0 Å². The lowest BCUT2D eigenvalue weighted by molar-refractivity contribution is 0.318. The summed E-state index contributed by atoms with van der Waals surface area (Å²) in [7, 11) is 1.99. The zero-order valence-electron chi connectivity index (χ0n) is 10.9. The molecule has 0 aromatic carbocycles. The van der Waals surface area contributed by atoms with Crippen LogP contribution in [0.25, 0.3) is 0 Å². The number of pyridine rings is 1. The van der Waals surface area contributed by atoms with E-state index in [1.165, 1.54) is 31.4 Å². The highest BCUT2D eigenvalue weighted by Crippen LogP contribution is 2.29. The summed E-state index contributed by atoms with van der Waals surface area (Å²) in [5, 5.41) is 3.22. The number of rotatable bonds is 6. The summed E-state index contributed by atoms with van der Waals surface area (Å²) in [6.45, 7) is 5.33. The SMILES string of the molecule is CCN(CC1CCC1)c1ncccc1CNC. The standard InChI is InChI=1S/C14H23N3/c1-3-17(11-12-6-4-7-12)14-13(10-15-2)8-5-9-16-14/h5,8-9,12,15H,3-4,6-7,10-11H2,1-2H3. The third-order valence-corrected chi connectivity index (χ3v) is 3.62. The Morgan fingerprint density at radius 2 is 2.29 bits per heavy atom. The van der Waals surface area contributed by atoms with Gasteiger partial charge in [0.1, 0.15) is 5.82 Å². The Morgan fingerprint density at radius 3 is 2.88 bits per heavy atom. The summed E-state index contributed by atoms with van der Waals surface area (Å²) in [6.07, 6.45) is 6.10. The van der Waals surface area contributed by atoms with Crippen LogP contribution in [0.4, 0.5) is 5.82 Å². The van der Waals surface area contributed by atoms with Gasteiger partial charge >= 0.3 is 0 Å². The largest absolute Gasteiger partial charge is 0.356 e. The molecule has 1 aromatic heterocycles. The average Bonchev–Trinajstić information content (AvgIpc) is 2.30. The van der Waals surface area contributed by atoms with Crippen molar-refractivity contribution < 1.29 is 0 Å². The lowest BCUT2D eigenvalue weighted by Gasteiger charge is -2.33. The minimum absolute atomic E-state index is 0.888. The molecule has 0 bridgehead atoms. The quantitative estimate of drug-likeness (QED) is 0.818. The third-order valence-electron chi connectivity index (χ3n) is 3.62. The van der Waals surface area contributed by atoms with Gasteiger partial charge in [0.2, 0.25) is 0 Å². The second kappa shape index (κ2) is 6.01. The van der Waals surface area contributed by atoms with Crippen molar-refractivity contribution in [3.05, 3.63) is 23.9 Å². The number of anilines is 1. The van der Waals surface area contributed by atoms with Crippen LogP contribution >= 0.6 is 0 Å². The van der Waals surface area contributed by atoms with Crippen LogP contribution in [0.1, 0.15) is 31.7 Å². The smallest absolute Gasteiger partial charge is 0.133 e. The van der Waals surface area contributed by atoms with Gasteiger partial charge in [0, 0.05) is 31.4 Å². The molecule has 0 amide bonds. The van der Waals surface area contributed by atoms with E-state index in [1.807, 2.05) is 19.3 Å². The maximum Gasteiger partial charge on any atom is 0.133 e. The number of aromatic nitrogens is 1. The fourth-order valence-electron chi connectivity index (χ4n) is 2.40. The number of nitrogens with one attached hydrogen (secondary N) is 1. The first kappa shape index (κ1) is 12.4. The second-order valence-electron chi connectivity index (χ2n) is 4.85. The van der Waals surface area contributed by atoms with Crippen molar-refractivity contribution in [1.29, 1.82) is 0 Å². The van der Waals surface area contributed by atoms with Crippen molar-refractivity contribution in [1.82, 2.24) is 10.3 Å². The summed E-state index contributed by atoms with van der Waals surface area (Å²) in [4.78, 5) is 6.99. The van der Waals surface area contributed by atoms with E-state index in [0.717, 1.165) is 24.8 Å². The highest BCUT2D eigenvalue weighted by Gasteiger charge is 2.21. The second-order valence-corrected chi connectivity index (χ2v) is 4.85. The first-order chi connectivity index (χ1) is 8.35. The fraction of sp³-hybridized carbons (Fsp3) is 0.643. The average molecular weight is 233 g/mol. The first-order valence-corrected chi connectivity index (χ1v) is 6.68. The van der Waals surface area contributed by atoms with Gasteiger partial charge in [0.05, 0.1) is 0 Å². The monoisotopic (exact) mass is 233 g/mol. The molecule has 0 aliphatic heterocycles. The molecule has 2 rings (SSSR count). The first-order valence-electron chi connectivity index (χ1n) is 6.68. The topological polar surface area (TPSA) is 28.2 Å². The van der Waals surface area contributed by atoms with Crippen LogP contribution in [0.2, 0.25) is 0 Å². The van der Waals surface area contributed by atoms with E-state index in [0.29, 0.717) is 0 Å². The molecule has 3 heteroatoms. The van der Waals surface area contributed by atoms with Gasteiger partial charge in [-0.05, 0) is 38.8 Å². The van der Waals surface area contributed by atoms with Crippen LogP contribution in [0.5, 0.6) is 0 Å². The number of hydrogen-bond donors (Lipinski definition) is 1. The van der Waals surface area contributed by atoms with E-state index in [4.69, 9.17) is 0 Å². The molecule has 17 heavy (non-hydrogen) atoms. The van der Waals surface area contributed by atoms with E-state index in [2.05, 4.69) is 28.2 Å². The highest BCUT2D eigenvalue weighted by atomic mass is 15.2. The van der Waals surface area contributed by atoms with Crippen molar-refractivity contribution in [2.45, 2.75) is 32.7 Å². The maximum absolute atomic E-state index is 4.57. The zero-order chi connectivity index (χ0) is 12.1. The Morgan fingerprint density at radius 1 is 1.47 bits per heavy atom. The Bertz CT molecular complexity index is 347. The van der Waals surface area contributed by atoms with Crippen molar-refractivity contribution in [2.24, 2.45) is 5.92 Å².